The number of hydrogen-bond acceptors (Lipinski definition) is 3. The second-order valence-electron chi connectivity index (χ2n) is 10.1. The van der Waals surface area contributed by atoms with Gasteiger partial charge < -0.3 is 9.64 Å². The van der Waals surface area contributed by atoms with E-state index in [1.165, 1.54) is 64.2 Å². The Hall–Kier alpha value is -0.570. The monoisotopic (exact) mass is 409 g/mol. The van der Waals surface area contributed by atoms with Gasteiger partial charge in [-0.1, -0.05) is 78.6 Å². The maximum atomic E-state index is 11.7. The van der Waals surface area contributed by atoms with Crippen molar-refractivity contribution in [1.29, 1.82) is 0 Å². The van der Waals surface area contributed by atoms with E-state index in [1.807, 2.05) is 14.1 Å². The first-order chi connectivity index (χ1) is 13.9. The summed E-state index contributed by atoms with van der Waals surface area (Å²) in [4.78, 5) is 13.8. The molecule has 0 N–H and O–H groups in total. The van der Waals surface area contributed by atoms with Gasteiger partial charge in [0.25, 0.3) is 0 Å². The first kappa shape index (κ1) is 26.5. The molecule has 0 aromatic carbocycles. The number of rotatable bonds is 19. The minimum absolute atomic E-state index is 0.0146. The zero-order chi connectivity index (χ0) is 21.5. The smallest absolute Gasteiger partial charge is 0.305 e. The molecule has 0 spiro atoms. The highest BCUT2D eigenvalue weighted by Gasteiger charge is 2.37. The van der Waals surface area contributed by atoms with Gasteiger partial charge in [-0.25, -0.2) is 0 Å². The molecule has 0 amide bonds. The van der Waals surface area contributed by atoms with E-state index in [-0.39, 0.29) is 5.97 Å². The summed E-state index contributed by atoms with van der Waals surface area (Å²) in [5, 5.41) is 0. The molecule has 172 valence electrons. The number of unbranched alkanes of at least 4 members (excludes halogenated alkanes) is 6. The van der Waals surface area contributed by atoms with Crippen molar-refractivity contribution in [2.75, 3.05) is 27.2 Å². The fraction of sp³-hybridized carbons (Fsp3) is 0.962. The lowest BCUT2D eigenvalue weighted by Crippen LogP contribution is -2.16. The molecule has 0 aromatic heterocycles. The lowest BCUT2D eigenvalue weighted by atomic mass is 9.86. The zero-order valence-electron chi connectivity index (χ0n) is 20.4. The van der Waals surface area contributed by atoms with E-state index in [0.29, 0.717) is 13.0 Å². The van der Waals surface area contributed by atoms with Crippen LogP contribution >= 0.6 is 0 Å². The number of ether oxygens (including phenoxy) is 1. The number of esters is 1. The maximum Gasteiger partial charge on any atom is 0.305 e. The average Bonchev–Trinajstić information content (AvgIpc) is 3.41. The van der Waals surface area contributed by atoms with Crippen LogP contribution in [0.3, 0.4) is 0 Å². The Morgan fingerprint density at radius 1 is 0.931 bits per heavy atom. The van der Waals surface area contributed by atoms with E-state index < -0.39 is 0 Å². The topological polar surface area (TPSA) is 29.5 Å². The average molecular weight is 410 g/mol. The minimum atomic E-state index is -0.0146. The molecule has 0 bridgehead atoms. The number of carbonyl (C=O) groups excluding carboxylic acids is 1. The molecule has 1 rings (SSSR count). The zero-order valence-corrected chi connectivity index (χ0v) is 20.4. The van der Waals surface area contributed by atoms with Gasteiger partial charge in [0.05, 0.1) is 6.61 Å². The first-order valence-corrected chi connectivity index (χ1v) is 12.7. The third-order valence-corrected chi connectivity index (χ3v) is 6.95. The standard InChI is InChI=1S/C26H51NO2/c1-6-7-11-16-24-21-25(24)20-23(3)22(2)15-12-9-8-10-13-17-26(28)29-19-14-18-27(4)5/h22-25H,6-21H2,1-5H3. The van der Waals surface area contributed by atoms with E-state index >= 15 is 0 Å². The first-order valence-electron chi connectivity index (χ1n) is 12.7. The second kappa shape index (κ2) is 16.2. The molecule has 4 unspecified atom stereocenters. The van der Waals surface area contributed by atoms with Crippen LogP contribution in [0.2, 0.25) is 0 Å². The molecule has 3 heteroatoms. The van der Waals surface area contributed by atoms with Crippen LogP contribution in [0.15, 0.2) is 0 Å². The highest BCUT2D eigenvalue weighted by molar-refractivity contribution is 5.69. The van der Waals surface area contributed by atoms with Crippen LogP contribution in [-0.4, -0.2) is 38.1 Å². The molecule has 1 aliphatic carbocycles. The summed E-state index contributed by atoms with van der Waals surface area (Å²) in [6, 6.07) is 0. The number of hydrogen-bond donors (Lipinski definition) is 0. The fourth-order valence-corrected chi connectivity index (χ4v) is 4.51. The molecule has 4 atom stereocenters. The van der Waals surface area contributed by atoms with Crippen molar-refractivity contribution >= 4 is 5.97 Å². The van der Waals surface area contributed by atoms with Crippen LogP contribution in [0.5, 0.6) is 0 Å². The van der Waals surface area contributed by atoms with Crippen molar-refractivity contribution in [3.8, 4) is 0 Å². The second-order valence-corrected chi connectivity index (χ2v) is 10.1. The Bertz CT molecular complexity index is 410. The summed E-state index contributed by atoms with van der Waals surface area (Å²) in [6.07, 6.45) is 17.7. The molecule has 0 aromatic rings. The van der Waals surface area contributed by atoms with Crippen molar-refractivity contribution in [1.82, 2.24) is 4.90 Å². The van der Waals surface area contributed by atoms with Crippen molar-refractivity contribution < 1.29 is 9.53 Å². The molecule has 29 heavy (non-hydrogen) atoms. The van der Waals surface area contributed by atoms with Crippen LogP contribution in [0.4, 0.5) is 0 Å². The SMILES string of the molecule is CCCCCC1CC1CC(C)C(C)CCCCCCCC(=O)OCCCN(C)C. The van der Waals surface area contributed by atoms with Gasteiger partial charge in [0.15, 0.2) is 0 Å². The third kappa shape index (κ3) is 14.1. The molecular weight excluding hydrogens is 358 g/mol. The Balaban J connectivity index is 1.91. The summed E-state index contributed by atoms with van der Waals surface area (Å²) in [7, 11) is 4.09. The van der Waals surface area contributed by atoms with Gasteiger partial charge in [0.1, 0.15) is 0 Å². The summed E-state index contributed by atoms with van der Waals surface area (Å²) >= 11 is 0. The van der Waals surface area contributed by atoms with Crippen LogP contribution in [0.25, 0.3) is 0 Å². The highest BCUT2D eigenvalue weighted by atomic mass is 16.5. The van der Waals surface area contributed by atoms with Crippen LogP contribution in [-0.2, 0) is 9.53 Å². The Morgan fingerprint density at radius 3 is 2.38 bits per heavy atom. The number of carbonyl (C=O) groups is 1. The van der Waals surface area contributed by atoms with Crippen molar-refractivity contribution in [2.24, 2.45) is 23.7 Å². The normalized spacial score (nSPS) is 20.6. The van der Waals surface area contributed by atoms with Crippen LogP contribution in [0, 0.1) is 23.7 Å². The van der Waals surface area contributed by atoms with Gasteiger partial charge in [0.2, 0.25) is 0 Å². The predicted molar refractivity (Wildman–Crippen MR) is 125 cm³/mol. The molecule has 1 saturated carbocycles. The molecular formula is C26H51NO2. The lowest BCUT2D eigenvalue weighted by Gasteiger charge is -2.20. The van der Waals surface area contributed by atoms with Gasteiger partial charge in [0, 0.05) is 13.0 Å². The molecule has 0 saturated heterocycles. The molecule has 1 fully saturated rings. The third-order valence-electron chi connectivity index (χ3n) is 6.95. The molecule has 0 heterocycles. The van der Waals surface area contributed by atoms with E-state index in [1.54, 1.807) is 0 Å². The van der Waals surface area contributed by atoms with Crippen LogP contribution < -0.4 is 0 Å². The van der Waals surface area contributed by atoms with Crippen molar-refractivity contribution in [3.05, 3.63) is 0 Å². The van der Waals surface area contributed by atoms with Gasteiger partial charge in [-0.3, -0.25) is 4.79 Å². The quantitative estimate of drug-likeness (QED) is 0.168. The van der Waals surface area contributed by atoms with E-state index in [0.717, 1.165) is 49.5 Å². The summed E-state index contributed by atoms with van der Waals surface area (Å²) in [5.74, 6) is 3.85. The molecule has 0 radical (unpaired) electrons. The number of nitrogens with zero attached hydrogens (tertiary/aromatic N) is 1. The van der Waals surface area contributed by atoms with Gasteiger partial charge in [-0.05, 0) is 63.5 Å². The molecule has 1 aliphatic rings. The highest BCUT2D eigenvalue weighted by Crippen LogP contribution is 2.47. The van der Waals surface area contributed by atoms with Gasteiger partial charge >= 0.3 is 5.97 Å². The Morgan fingerprint density at radius 2 is 1.66 bits per heavy atom. The van der Waals surface area contributed by atoms with Gasteiger partial charge in [-0.2, -0.15) is 0 Å². The largest absolute Gasteiger partial charge is 0.466 e. The maximum absolute atomic E-state index is 11.7. The van der Waals surface area contributed by atoms with E-state index in [2.05, 4.69) is 25.7 Å². The summed E-state index contributed by atoms with van der Waals surface area (Å²) in [6.45, 7) is 8.79. The fourth-order valence-electron chi connectivity index (χ4n) is 4.51. The Kier molecular flexibility index (Phi) is 14.8. The Labute approximate surface area is 182 Å². The van der Waals surface area contributed by atoms with E-state index in [9.17, 15) is 4.79 Å². The van der Waals surface area contributed by atoms with E-state index in [4.69, 9.17) is 4.74 Å². The summed E-state index contributed by atoms with van der Waals surface area (Å²) < 4.78 is 5.28. The van der Waals surface area contributed by atoms with Gasteiger partial charge in [-0.15, -0.1) is 0 Å². The van der Waals surface area contributed by atoms with Crippen molar-refractivity contribution in [2.45, 2.75) is 111 Å². The van der Waals surface area contributed by atoms with Crippen molar-refractivity contribution in [3.63, 3.8) is 0 Å². The molecule has 3 nitrogen and oxygen atoms in total. The predicted octanol–water partition coefficient (Wildman–Crippen LogP) is 7.09. The summed E-state index contributed by atoms with van der Waals surface area (Å²) in [5.41, 5.74) is 0. The molecule has 0 aliphatic heterocycles. The lowest BCUT2D eigenvalue weighted by molar-refractivity contribution is -0.143. The minimum Gasteiger partial charge on any atom is -0.466 e. The van der Waals surface area contributed by atoms with Crippen LogP contribution in [0.1, 0.15) is 111 Å².